The second kappa shape index (κ2) is 5.92. The minimum atomic E-state index is 0.310. The van der Waals surface area contributed by atoms with Crippen LogP contribution >= 0.6 is 12.2 Å². The van der Waals surface area contributed by atoms with Gasteiger partial charge < -0.3 is 15.2 Å². The van der Waals surface area contributed by atoms with Crippen LogP contribution in [-0.2, 0) is 13.7 Å². The summed E-state index contributed by atoms with van der Waals surface area (Å²) in [6.07, 6.45) is 0. The van der Waals surface area contributed by atoms with Crippen molar-refractivity contribution in [1.82, 2.24) is 9.78 Å². The number of methoxy groups -OCH3 is 1. The molecule has 20 heavy (non-hydrogen) atoms. The van der Waals surface area contributed by atoms with Gasteiger partial charge in [-0.15, -0.1) is 0 Å². The summed E-state index contributed by atoms with van der Waals surface area (Å²) < 4.78 is 12.8. The van der Waals surface area contributed by atoms with Crippen LogP contribution in [0, 0.1) is 6.92 Å². The third-order valence-electron chi connectivity index (χ3n) is 2.89. The fourth-order valence-corrected chi connectivity index (χ4v) is 1.99. The molecule has 0 aliphatic carbocycles. The van der Waals surface area contributed by atoms with Gasteiger partial charge in [-0.3, -0.25) is 4.68 Å². The fraction of sp³-hybridized carbons (Fsp3) is 0.286. The maximum Gasteiger partial charge on any atom is 0.130 e. The molecule has 1 heterocycles. The quantitative estimate of drug-likeness (QED) is 0.853. The molecule has 5 nitrogen and oxygen atoms in total. The van der Waals surface area contributed by atoms with E-state index in [1.807, 2.05) is 20.0 Å². The summed E-state index contributed by atoms with van der Waals surface area (Å²) in [5.74, 6) is 1.32. The lowest BCUT2D eigenvalue weighted by molar-refractivity contribution is 0.292. The van der Waals surface area contributed by atoms with Crippen LogP contribution < -0.4 is 15.2 Å². The Morgan fingerprint density at radius 1 is 1.30 bits per heavy atom. The van der Waals surface area contributed by atoms with Gasteiger partial charge in [0.05, 0.1) is 18.5 Å². The summed E-state index contributed by atoms with van der Waals surface area (Å²) in [6.45, 7) is 2.36. The number of aryl methyl sites for hydroxylation is 2. The summed E-state index contributed by atoms with van der Waals surface area (Å²) >= 11 is 4.98. The SMILES string of the molecule is COc1cc(OCc2cc(C)nn2C)cc(C(N)=S)c1. The molecule has 2 rings (SSSR count). The number of ether oxygens (including phenoxy) is 2. The van der Waals surface area contributed by atoms with Crippen LogP contribution in [0.25, 0.3) is 0 Å². The van der Waals surface area contributed by atoms with Gasteiger partial charge in [0.1, 0.15) is 23.1 Å². The maximum absolute atomic E-state index is 5.76. The number of benzene rings is 1. The Labute approximate surface area is 123 Å². The molecule has 2 N–H and O–H groups in total. The normalized spacial score (nSPS) is 10.3. The smallest absolute Gasteiger partial charge is 0.130 e. The van der Waals surface area contributed by atoms with Crippen molar-refractivity contribution in [2.45, 2.75) is 13.5 Å². The standard InChI is InChI=1S/C14H17N3O2S/c1-9-4-11(17(2)16-9)8-19-13-6-10(14(15)20)5-12(7-13)18-3/h4-7H,8H2,1-3H3,(H2,15,20). The van der Waals surface area contributed by atoms with Gasteiger partial charge in [0.2, 0.25) is 0 Å². The van der Waals surface area contributed by atoms with Gasteiger partial charge in [-0.1, -0.05) is 12.2 Å². The Balaban J connectivity index is 2.18. The molecule has 0 amide bonds. The number of hydrogen-bond donors (Lipinski definition) is 1. The van der Waals surface area contributed by atoms with Crippen molar-refractivity contribution in [1.29, 1.82) is 0 Å². The second-order valence-corrected chi connectivity index (χ2v) is 4.89. The van der Waals surface area contributed by atoms with E-state index in [1.165, 1.54) is 0 Å². The van der Waals surface area contributed by atoms with Crippen LogP contribution in [0.3, 0.4) is 0 Å². The van der Waals surface area contributed by atoms with E-state index in [-0.39, 0.29) is 0 Å². The third-order valence-corrected chi connectivity index (χ3v) is 3.12. The second-order valence-electron chi connectivity index (χ2n) is 4.45. The highest BCUT2D eigenvalue weighted by molar-refractivity contribution is 7.80. The highest BCUT2D eigenvalue weighted by atomic mass is 32.1. The average Bonchev–Trinajstić information content (AvgIpc) is 2.74. The van der Waals surface area contributed by atoms with E-state index in [9.17, 15) is 0 Å². The molecule has 0 bridgehead atoms. The van der Waals surface area contributed by atoms with Crippen LogP contribution in [0.1, 0.15) is 17.0 Å². The predicted octanol–water partition coefficient (Wildman–Crippen LogP) is 1.95. The van der Waals surface area contributed by atoms with Gasteiger partial charge in [0.25, 0.3) is 0 Å². The van der Waals surface area contributed by atoms with Crippen molar-refractivity contribution in [3.63, 3.8) is 0 Å². The molecule has 1 aromatic heterocycles. The van der Waals surface area contributed by atoms with E-state index >= 15 is 0 Å². The molecule has 0 spiro atoms. The van der Waals surface area contributed by atoms with Gasteiger partial charge in [0.15, 0.2) is 0 Å². The van der Waals surface area contributed by atoms with Crippen LogP contribution in [0.15, 0.2) is 24.3 Å². The van der Waals surface area contributed by atoms with Crippen molar-refractivity contribution in [2.75, 3.05) is 7.11 Å². The molecular formula is C14H17N3O2S. The molecule has 0 atom stereocenters. The zero-order chi connectivity index (χ0) is 14.7. The zero-order valence-corrected chi connectivity index (χ0v) is 12.5. The van der Waals surface area contributed by atoms with Gasteiger partial charge in [0, 0.05) is 18.7 Å². The fourth-order valence-electron chi connectivity index (χ4n) is 1.87. The van der Waals surface area contributed by atoms with Gasteiger partial charge in [-0.25, -0.2) is 0 Å². The largest absolute Gasteiger partial charge is 0.497 e. The van der Waals surface area contributed by atoms with E-state index in [1.54, 1.807) is 30.0 Å². The van der Waals surface area contributed by atoms with Crippen LogP contribution in [0.5, 0.6) is 11.5 Å². The summed E-state index contributed by atoms with van der Waals surface area (Å²) in [5.41, 5.74) is 8.31. The lowest BCUT2D eigenvalue weighted by atomic mass is 10.2. The number of rotatable bonds is 5. The van der Waals surface area contributed by atoms with Crippen molar-refractivity contribution in [3.05, 3.63) is 41.2 Å². The first-order valence-corrected chi connectivity index (χ1v) is 6.51. The molecule has 0 saturated heterocycles. The summed E-state index contributed by atoms with van der Waals surface area (Å²) in [5, 5.41) is 4.27. The lowest BCUT2D eigenvalue weighted by Crippen LogP contribution is -2.10. The first-order valence-electron chi connectivity index (χ1n) is 6.11. The molecule has 2 aromatic rings. The van der Waals surface area contributed by atoms with E-state index < -0.39 is 0 Å². The van der Waals surface area contributed by atoms with Crippen molar-refractivity contribution >= 4 is 17.2 Å². The summed E-state index contributed by atoms with van der Waals surface area (Å²) in [7, 11) is 3.48. The van der Waals surface area contributed by atoms with Gasteiger partial charge in [-0.05, 0) is 25.1 Å². The van der Waals surface area contributed by atoms with Gasteiger partial charge in [-0.2, -0.15) is 5.10 Å². The molecule has 1 aromatic carbocycles. The third kappa shape index (κ3) is 3.27. The maximum atomic E-state index is 5.76. The van der Waals surface area contributed by atoms with Crippen LogP contribution in [0.4, 0.5) is 0 Å². The molecule has 0 aliphatic heterocycles. The van der Waals surface area contributed by atoms with Crippen molar-refractivity contribution in [2.24, 2.45) is 12.8 Å². The van der Waals surface area contributed by atoms with Crippen molar-refractivity contribution in [3.8, 4) is 11.5 Å². The number of aromatic nitrogens is 2. The molecule has 0 aliphatic rings. The van der Waals surface area contributed by atoms with E-state index in [2.05, 4.69) is 5.10 Å². The zero-order valence-electron chi connectivity index (χ0n) is 11.7. The highest BCUT2D eigenvalue weighted by Gasteiger charge is 2.07. The Hall–Kier alpha value is -2.08. The predicted molar refractivity (Wildman–Crippen MR) is 81.2 cm³/mol. The molecule has 6 heteroatoms. The van der Waals surface area contributed by atoms with E-state index in [0.717, 1.165) is 17.0 Å². The first-order chi connectivity index (χ1) is 9.49. The van der Waals surface area contributed by atoms with Crippen LogP contribution in [-0.4, -0.2) is 21.9 Å². The summed E-state index contributed by atoms with van der Waals surface area (Å²) in [4.78, 5) is 0.310. The number of nitrogens with zero attached hydrogens (tertiary/aromatic N) is 2. The molecular weight excluding hydrogens is 274 g/mol. The Morgan fingerprint density at radius 3 is 2.55 bits per heavy atom. The number of hydrogen-bond acceptors (Lipinski definition) is 4. The molecule has 0 unspecified atom stereocenters. The Kier molecular flexibility index (Phi) is 4.24. The number of thiocarbonyl (C=S) groups is 1. The Bertz CT molecular complexity index is 637. The molecule has 106 valence electrons. The lowest BCUT2D eigenvalue weighted by Gasteiger charge is -2.10. The monoisotopic (exact) mass is 291 g/mol. The Morgan fingerprint density at radius 2 is 2.00 bits per heavy atom. The topological polar surface area (TPSA) is 62.3 Å². The highest BCUT2D eigenvalue weighted by Crippen LogP contribution is 2.23. The minimum absolute atomic E-state index is 0.310. The van der Waals surface area contributed by atoms with E-state index in [4.69, 9.17) is 27.4 Å². The van der Waals surface area contributed by atoms with E-state index in [0.29, 0.717) is 23.1 Å². The van der Waals surface area contributed by atoms with Crippen molar-refractivity contribution < 1.29 is 9.47 Å². The molecule has 0 fully saturated rings. The minimum Gasteiger partial charge on any atom is -0.497 e. The summed E-state index contributed by atoms with van der Waals surface area (Å²) in [6, 6.07) is 7.36. The molecule has 0 saturated carbocycles. The average molecular weight is 291 g/mol. The first kappa shape index (κ1) is 14.3. The number of nitrogens with two attached hydrogens (primary N) is 1. The molecule has 0 radical (unpaired) electrons. The van der Waals surface area contributed by atoms with Crippen LogP contribution in [0.2, 0.25) is 0 Å². The van der Waals surface area contributed by atoms with Gasteiger partial charge >= 0.3 is 0 Å².